The molecule has 0 aliphatic carbocycles. The molecular formula is C22H36IN3O2. The summed E-state index contributed by atoms with van der Waals surface area (Å²) in [5.74, 6) is 2.04. The van der Waals surface area contributed by atoms with Gasteiger partial charge in [0.1, 0.15) is 0 Å². The number of halogens is 1. The van der Waals surface area contributed by atoms with Crippen LogP contribution in [0.3, 0.4) is 0 Å². The highest BCUT2D eigenvalue weighted by molar-refractivity contribution is 14.0. The second-order valence-electron chi connectivity index (χ2n) is 7.91. The van der Waals surface area contributed by atoms with Gasteiger partial charge in [-0.05, 0) is 38.7 Å². The Morgan fingerprint density at radius 3 is 2.68 bits per heavy atom. The van der Waals surface area contributed by atoms with Gasteiger partial charge in [-0.25, -0.2) is 0 Å². The summed E-state index contributed by atoms with van der Waals surface area (Å²) in [7, 11) is 2.13. The van der Waals surface area contributed by atoms with E-state index in [1.807, 2.05) is 0 Å². The first-order chi connectivity index (χ1) is 13.2. The van der Waals surface area contributed by atoms with E-state index in [-0.39, 0.29) is 30.1 Å². The van der Waals surface area contributed by atoms with Crippen molar-refractivity contribution < 1.29 is 9.47 Å². The fourth-order valence-electron chi connectivity index (χ4n) is 4.03. The average molecular weight is 501 g/mol. The Balaban J connectivity index is 0.00000280. The van der Waals surface area contributed by atoms with E-state index in [0.717, 1.165) is 58.3 Å². The molecule has 0 amide bonds. The van der Waals surface area contributed by atoms with Crippen LogP contribution in [-0.2, 0) is 9.47 Å². The summed E-state index contributed by atoms with van der Waals surface area (Å²) in [5, 5.41) is 3.45. The maximum absolute atomic E-state index is 6.16. The molecule has 2 saturated heterocycles. The van der Waals surface area contributed by atoms with E-state index in [4.69, 9.17) is 14.5 Å². The standard InChI is InChI=1S/C22H35N3O2.HI/c1-4-23-22(25(3)15-18-11-13-26-16-18)24-14-20-6-5-12-27-21(20)19-9-7-17(2)8-10-19;/h7-10,18,20-21H,4-6,11-16H2,1-3H3,(H,23,24);1H. The molecule has 1 aromatic carbocycles. The topological polar surface area (TPSA) is 46.1 Å². The summed E-state index contributed by atoms with van der Waals surface area (Å²) in [5.41, 5.74) is 2.57. The molecule has 2 aliphatic rings. The number of hydrogen-bond donors (Lipinski definition) is 1. The third-order valence-electron chi connectivity index (χ3n) is 5.58. The van der Waals surface area contributed by atoms with E-state index in [9.17, 15) is 0 Å². The number of hydrogen-bond acceptors (Lipinski definition) is 3. The second kappa shape index (κ2) is 12.0. The molecule has 2 fully saturated rings. The van der Waals surface area contributed by atoms with Crippen LogP contribution in [0.2, 0.25) is 0 Å². The molecule has 0 bridgehead atoms. The zero-order valence-electron chi connectivity index (χ0n) is 17.5. The largest absolute Gasteiger partial charge is 0.381 e. The van der Waals surface area contributed by atoms with Crippen LogP contribution >= 0.6 is 24.0 Å². The SMILES string of the molecule is CCNC(=NCC1CCCOC1c1ccc(C)cc1)N(C)CC1CCOC1.I. The lowest BCUT2D eigenvalue weighted by molar-refractivity contribution is -0.0250. The minimum atomic E-state index is 0. The van der Waals surface area contributed by atoms with E-state index >= 15 is 0 Å². The van der Waals surface area contributed by atoms with Gasteiger partial charge in [0.2, 0.25) is 0 Å². The number of aliphatic imine (C=N–C) groups is 1. The lowest BCUT2D eigenvalue weighted by atomic mass is 9.89. The van der Waals surface area contributed by atoms with Crippen molar-refractivity contribution in [3.8, 4) is 0 Å². The molecule has 0 radical (unpaired) electrons. The zero-order valence-corrected chi connectivity index (χ0v) is 19.9. The minimum Gasteiger partial charge on any atom is -0.381 e. The summed E-state index contributed by atoms with van der Waals surface area (Å²) >= 11 is 0. The molecule has 5 nitrogen and oxygen atoms in total. The van der Waals surface area contributed by atoms with Gasteiger partial charge in [0.15, 0.2) is 5.96 Å². The van der Waals surface area contributed by atoms with Crippen molar-refractivity contribution in [1.82, 2.24) is 10.2 Å². The fourth-order valence-corrected chi connectivity index (χ4v) is 4.03. The third-order valence-corrected chi connectivity index (χ3v) is 5.58. The lowest BCUT2D eigenvalue weighted by Crippen LogP contribution is -2.42. The maximum atomic E-state index is 6.16. The average Bonchev–Trinajstić information content (AvgIpc) is 3.19. The molecular weight excluding hydrogens is 465 g/mol. The van der Waals surface area contributed by atoms with Crippen molar-refractivity contribution in [2.45, 2.75) is 39.2 Å². The van der Waals surface area contributed by atoms with Crippen molar-refractivity contribution in [3.05, 3.63) is 35.4 Å². The van der Waals surface area contributed by atoms with E-state index in [1.54, 1.807) is 0 Å². The van der Waals surface area contributed by atoms with E-state index in [1.165, 1.54) is 17.5 Å². The Kier molecular flexibility index (Phi) is 10.0. The van der Waals surface area contributed by atoms with Gasteiger partial charge in [-0.1, -0.05) is 29.8 Å². The number of aryl methyl sites for hydroxylation is 1. The molecule has 3 rings (SSSR count). The van der Waals surface area contributed by atoms with Crippen LogP contribution in [0.1, 0.15) is 43.4 Å². The summed E-state index contributed by atoms with van der Waals surface area (Å²) in [6.07, 6.45) is 3.59. The van der Waals surface area contributed by atoms with E-state index in [2.05, 4.69) is 55.4 Å². The predicted molar refractivity (Wildman–Crippen MR) is 126 cm³/mol. The summed E-state index contributed by atoms with van der Waals surface area (Å²) in [6.45, 7) is 9.54. The highest BCUT2D eigenvalue weighted by Crippen LogP contribution is 2.34. The molecule has 2 aliphatic heterocycles. The van der Waals surface area contributed by atoms with Crippen molar-refractivity contribution in [3.63, 3.8) is 0 Å². The van der Waals surface area contributed by atoms with Gasteiger partial charge in [-0.15, -0.1) is 24.0 Å². The van der Waals surface area contributed by atoms with Gasteiger partial charge in [0.25, 0.3) is 0 Å². The monoisotopic (exact) mass is 501 g/mol. The van der Waals surface area contributed by atoms with Crippen LogP contribution in [0.4, 0.5) is 0 Å². The van der Waals surface area contributed by atoms with Crippen LogP contribution in [0.25, 0.3) is 0 Å². The molecule has 1 N–H and O–H groups in total. The summed E-state index contributed by atoms with van der Waals surface area (Å²) < 4.78 is 11.7. The van der Waals surface area contributed by atoms with Crippen LogP contribution in [-0.4, -0.2) is 57.4 Å². The molecule has 2 heterocycles. The molecule has 3 atom stereocenters. The van der Waals surface area contributed by atoms with Crippen molar-refractivity contribution in [2.24, 2.45) is 16.8 Å². The van der Waals surface area contributed by atoms with Crippen LogP contribution in [0.15, 0.2) is 29.3 Å². The number of nitrogens with one attached hydrogen (secondary N) is 1. The molecule has 28 heavy (non-hydrogen) atoms. The molecule has 158 valence electrons. The first-order valence-corrected chi connectivity index (χ1v) is 10.4. The Morgan fingerprint density at radius 2 is 2.00 bits per heavy atom. The van der Waals surface area contributed by atoms with Gasteiger partial charge in [0, 0.05) is 51.7 Å². The first kappa shape index (κ1) is 23.4. The van der Waals surface area contributed by atoms with Crippen molar-refractivity contribution in [2.75, 3.05) is 46.5 Å². The van der Waals surface area contributed by atoms with Crippen LogP contribution in [0.5, 0.6) is 0 Å². The van der Waals surface area contributed by atoms with Gasteiger partial charge in [-0.2, -0.15) is 0 Å². The number of guanidine groups is 1. The quantitative estimate of drug-likeness (QED) is 0.364. The highest BCUT2D eigenvalue weighted by Gasteiger charge is 2.27. The molecule has 6 heteroatoms. The predicted octanol–water partition coefficient (Wildman–Crippen LogP) is 4.01. The molecule has 0 saturated carbocycles. The Morgan fingerprint density at radius 1 is 1.21 bits per heavy atom. The Labute approximate surface area is 187 Å². The first-order valence-electron chi connectivity index (χ1n) is 10.4. The van der Waals surface area contributed by atoms with Crippen molar-refractivity contribution in [1.29, 1.82) is 0 Å². The Hall–Kier alpha value is -0.860. The number of rotatable bonds is 6. The van der Waals surface area contributed by atoms with Gasteiger partial charge in [-0.3, -0.25) is 4.99 Å². The maximum Gasteiger partial charge on any atom is 0.193 e. The van der Waals surface area contributed by atoms with Crippen LogP contribution in [0, 0.1) is 18.8 Å². The van der Waals surface area contributed by atoms with E-state index < -0.39 is 0 Å². The third kappa shape index (κ3) is 6.59. The molecule has 3 unspecified atom stereocenters. The number of nitrogens with zero attached hydrogens (tertiary/aromatic N) is 2. The van der Waals surface area contributed by atoms with Gasteiger partial charge < -0.3 is 19.7 Å². The normalized spacial score (nSPS) is 25.2. The highest BCUT2D eigenvalue weighted by atomic mass is 127. The fraction of sp³-hybridized carbons (Fsp3) is 0.682. The molecule has 0 aromatic heterocycles. The molecule has 0 spiro atoms. The lowest BCUT2D eigenvalue weighted by Gasteiger charge is -2.32. The number of benzene rings is 1. The van der Waals surface area contributed by atoms with Gasteiger partial charge >= 0.3 is 0 Å². The van der Waals surface area contributed by atoms with Crippen LogP contribution < -0.4 is 5.32 Å². The van der Waals surface area contributed by atoms with Crippen molar-refractivity contribution >= 4 is 29.9 Å². The second-order valence-corrected chi connectivity index (χ2v) is 7.91. The minimum absolute atomic E-state index is 0. The number of ether oxygens (including phenoxy) is 2. The van der Waals surface area contributed by atoms with Gasteiger partial charge in [0.05, 0.1) is 12.7 Å². The Bertz CT molecular complexity index is 602. The summed E-state index contributed by atoms with van der Waals surface area (Å²) in [4.78, 5) is 7.24. The summed E-state index contributed by atoms with van der Waals surface area (Å²) in [6, 6.07) is 8.77. The zero-order chi connectivity index (χ0) is 19.1. The molecule has 1 aromatic rings. The van der Waals surface area contributed by atoms with E-state index in [0.29, 0.717) is 11.8 Å². The smallest absolute Gasteiger partial charge is 0.193 e.